The Morgan fingerprint density at radius 3 is 2.89 bits per heavy atom. The highest BCUT2D eigenvalue weighted by atomic mass is 19.1. The second-order valence-electron chi connectivity index (χ2n) is 4.41. The molecule has 19 heavy (non-hydrogen) atoms. The Hall–Kier alpha value is -2.49. The minimum absolute atomic E-state index is 0.0790. The zero-order valence-corrected chi connectivity index (χ0v) is 10.3. The van der Waals surface area contributed by atoms with Gasteiger partial charge in [-0.15, -0.1) is 0 Å². The van der Waals surface area contributed by atoms with Crippen molar-refractivity contribution in [3.63, 3.8) is 0 Å². The molecule has 2 heterocycles. The summed E-state index contributed by atoms with van der Waals surface area (Å²) in [7, 11) is 0. The molecule has 0 amide bonds. The number of aryl methyl sites for hydroxylation is 1. The summed E-state index contributed by atoms with van der Waals surface area (Å²) < 4.78 is 13.8. The van der Waals surface area contributed by atoms with E-state index in [0.717, 1.165) is 5.56 Å². The van der Waals surface area contributed by atoms with Crippen molar-refractivity contribution in [2.45, 2.75) is 6.92 Å². The fourth-order valence-electron chi connectivity index (χ4n) is 2.09. The molecule has 3 nitrogen and oxygen atoms in total. The predicted molar refractivity (Wildman–Crippen MR) is 70.7 cm³/mol. The molecule has 0 saturated carbocycles. The lowest BCUT2D eigenvalue weighted by Crippen LogP contribution is -2.03. The van der Waals surface area contributed by atoms with Crippen LogP contribution >= 0.6 is 0 Å². The van der Waals surface area contributed by atoms with Gasteiger partial charge in [0.2, 0.25) is 0 Å². The topological polar surface area (TPSA) is 45.8 Å². The minimum Gasteiger partial charge on any atom is -0.345 e. The van der Waals surface area contributed by atoms with Crippen LogP contribution in [0.25, 0.3) is 11.0 Å². The average Bonchev–Trinajstić information content (AvgIpc) is 2.82. The number of aromatic amines is 1. The number of ketones is 1. The average molecular weight is 254 g/mol. The Morgan fingerprint density at radius 2 is 2.11 bits per heavy atom. The Kier molecular flexibility index (Phi) is 2.63. The van der Waals surface area contributed by atoms with Gasteiger partial charge in [0, 0.05) is 23.3 Å². The number of rotatable bonds is 2. The lowest BCUT2D eigenvalue weighted by atomic mass is 10.0. The van der Waals surface area contributed by atoms with Crippen molar-refractivity contribution in [2.24, 2.45) is 0 Å². The number of pyridine rings is 1. The van der Waals surface area contributed by atoms with Crippen molar-refractivity contribution in [1.29, 1.82) is 0 Å². The smallest absolute Gasteiger partial charge is 0.198 e. The molecule has 3 aromatic rings. The molecule has 1 N–H and O–H groups in total. The van der Waals surface area contributed by atoms with Crippen molar-refractivity contribution >= 4 is 16.8 Å². The minimum atomic E-state index is -0.497. The van der Waals surface area contributed by atoms with Gasteiger partial charge in [-0.1, -0.05) is 6.07 Å². The molecule has 0 unspecified atom stereocenters. The number of H-pyrrole nitrogens is 1. The number of carbonyl (C=O) groups is 1. The van der Waals surface area contributed by atoms with Crippen molar-refractivity contribution in [2.75, 3.05) is 0 Å². The maximum absolute atomic E-state index is 13.8. The number of fused-ring (bicyclic) bond motifs is 1. The van der Waals surface area contributed by atoms with Crippen molar-refractivity contribution in [3.8, 4) is 0 Å². The third-order valence-corrected chi connectivity index (χ3v) is 3.06. The van der Waals surface area contributed by atoms with Crippen LogP contribution in [-0.2, 0) is 0 Å². The fourth-order valence-corrected chi connectivity index (χ4v) is 2.09. The molecule has 0 spiro atoms. The number of carbonyl (C=O) groups excluding carboxylic acids is 1. The first-order valence-electron chi connectivity index (χ1n) is 5.90. The Morgan fingerprint density at radius 1 is 1.26 bits per heavy atom. The maximum Gasteiger partial charge on any atom is 0.198 e. The standard InChI is InChI=1S/C15H11FN2O/c1-9-4-5-11(13(16)7-9)14(19)12-8-18-15-10(12)3-2-6-17-15/h2-8H,1H3,(H,17,18). The van der Waals surface area contributed by atoms with Crippen LogP contribution in [0.4, 0.5) is 4.39 Å². The second-order valence-corrected chi connectivity index (χ2v) is 4.41. The van der Waals surface area contributed by atoms with Gasteiger partial charge in [-0.3, -0.25) is 4.79 Å². The Balaban J connectivity index is 2.13. The number of benzene rings is 1. The van der Waals surface area contributed by atoms with E-state index < -0.39 is 5.82 Å². The summed E-state index contributed by atoms with van der Waals surface area (Å²) in [4.78, 5) is 19.4. The molecule has 2 aromatic heterocycles. The van der Waals surface area contributed by atoms with Gasteiger partial charge >= 0.3 is 0 Å². The first-order valence-corrected chi connectivity index (χ1v) is 5.90. The van der Waals surface area contributed by atoms with Gasteiger partial charge in [-0.25, -0.2) is 9.37 Å². The maximum atomic E-state index is 13.8. The van der Waals surface area contributed by atoms with Gasteiger partial charge in [0.05, 0.1) is 5.56 Å². The van der Waals surface area contributed by atoms with Crippen molar-refractivity contribution in [1.82, 2.24) is 9.97 Å². The molecular formula is C15H11FN2O. The van der Waals surface area contributed by atoms with E-state index in [4.69, 9.17) is 0 Å². The fraction of sp³-hybridized carbons (Fsp3) is 0.0667. The van der Waals surface area contributed by atoms with Crippen LogP contribution in [0.2, 0.25) is 0 Å². The summed E-state index contributed by atoms with van der Waals surface area (Å²) in [6, 6.07) is 8.14. The van der Waals surface area contributed by atoms with Gasteiger partial charge in [0.25, 0.3) is 0 Å². The third kappa shape index (κ3) is 1.91. The summed E-state index contributed by atoms with van der Waals surface area (Å²) in [5, 5.41) is 0.701. The van der Waals surface area contributed by atoms with Crippen LogP contribution in [0.15, 0.2) is 42.7 Å². The van der Waals surface area contributed by atoms with Gasteiger partial charge in [0.15, 0.2) is 5.78 Å². The number of hydrogen-bond acceptors (Lipinski definition) is 2. The Labute approximate surface area is 109 Å². The van der Waals surface area contributed by atoms with Crippen LogP contribution in [-0.4, -0.2) is 15.8 Å². The summed E-state index contributed by atoms with van der Waals surface area (Å²) >= 11 is 0. The van der Waals surface area contributed by atoms with E-state index in [0.29, 0.717) is 16.6 Å². The number of nitrogens with zero attached hydrogens (tertiary/aromatic N) is 1. The van der Waals surface area contributed by atoms with Gasteiger partial charge in [-0.05, 0) is 36.8 Å². The molecular weight excluding hydrogens is 243 g/mol. The van der Waals surface area contributed by atoms with Crippen LogP contribution in [0.1, 0.15) is 21.5 Å². The summed E-state index contributed by atoms with van der Waals surface area (Å²) in [6.07, 6.45) is 3.21. The number of hydrogen-bond donors (Lipinski definition) is 1. The Bertz CT molecular complexity index is 777. The molecule has 0 atom stereocenters. The summed E-state index contributed by atoms with van der Waals surface area (Å²) in [5.74, 6) is -0.833. The van der Waals surface area contributed by atoms with Crippen LogP contribution in [0, 0.1) is 12.7 Å². The highest BCUT2D eigenvalue weighted by Crippen LogP contribution is 2.21. The van der Waals surface area contributed by atoms with Crippen molar-refractivity contribution < 1.29 is 9.18 Å². The van der Waals surface area contributed by atoms with Crippen LogP contribution < -0.4 is 0 Å². The van der Waals surface area contributed by atoms with Gasteiger partial charge in [-0.2, -0.15) is 0 Å². The number of aromatic nitrogens is 2. The molecule has 0 aliphatic heterocycles. The first kappa shape index (κ1) is 11.6. The zero-order chi connectivity index (χ0) is 13.4. The molecule has 94 valence electrons. The highest BCUT2D eigenvalue weighted by Gasteiger charge is 2.17. The quantitative estimate of drug-likeness (QED) is 0.713. The van der Waals surface area contributed by atoms with E-state index in [9.17, 15) is 9.18 Å². The lowest BCUT2D eigenvalue weighted by Gasteiger charge is -2.02. The zero-order valence-electron chi connectivity index (χ0n) is 10.3. The van der Waals surface area contributed by atoms with E-state index in [2.05, 4.69) is 9.97 Å². The molecule has 0 bridgehead atoms. The van der Waals surface area contributed by atoms with E-state index in [-0.39, 0.29) is 11.3 Å². The third-order valence-electron chi connectivity index (χ3n) is 3.06. The monoisotopic (exact) mass is 254 g/mol. The number of halogens is 1. The van der Waals surface area contributed by atoms with Gasteiger partial charge in [0.1, 0.15) is 11.5 Å². The predicted octanol–water partition coefficient (Wildman–Crippen LogP) is 3.24. The van der Waals surface area contributed by atoms with E-state index in [1.165, 1.54) is 12.1 Å². The summed E-state index contributed by atoms with van der Waals surface area (Å²) in [5.41, 5.74) is 1.93. The molecule has 0 aliphatic carbocycles. The van der Waals surface area contributed by atoms with E-state index >= 15 is 0 Å². The molecule has 3 rings (SSSR count). The molecule has 0 aliphatic rings. The molecule has 0 radical (unpaired) electrons. The largest absolute Gasteiger partial charge is 0.345 e. The molecule has 0 fully saturated rings. The van der Waals surface area contributed by atoms with Crippen LogP contribution in [0.3, 0.4) is 0 Å². The molecule has 0 saturated heterocycles. The lowest BCUT2D eigenvalue weighted by molar-refractivity contribution is 0.103. The SMILES string of the molecule is Cc1ccc(C(=O)c2c[nH]c3ncccc23)c(F)c1. The summed E-state index contributed by atoms with van der Waals surface area (Å²) in [6.45, 7) is 1.78. The molecule has 4 heteroatoms. The van der Waals surface area contributed by atoms with Gasteiger partial charge < -0.3 is 4.98 Å². The highest BCUT2D eigenvalue weighted by molar-refractivity contribution is 6.16. The molecule has 1 aromatic carbocycles. The second kappa shape index (κ2) is 4.31. The van der Waals surface area contributed by atoms with Crippen molar-refractivity contribution in [3.05, 3.63) is 65.2 Å². The normalized spacial score (nSPS) is 10.8. The van der Waals surface area contributed by atoms with E-state index in [1.807, 2.05) is 0 Å². The first-order chi connectivity index (χ1) is 9.16. The van der Waals surface area contributed by atoms with Crippen LogP contribution in [0.5, 0.6) is 0 Å². The number of nitrogens with one attached hydrogen (secondary N) is 1. The van der Waals surface area contributed by atoms with E-state index in [1.54, 1.807) is 37.5 Å².